The Balaban J connectivity index is 1.52. The molecular weight excluding hydrogens is 442 g/mol. The minimum absolute atomic E-state index is 0.0428. The zero-order valence-corrected chi connectivity index (χ0v) is 19.0. The number of amides is 1. The van der Waals surface area contributed by atoms with Crippen LogP contribution in [0.2, 0.25) is 0 Å². The van der Waals surface area contributed by atoms with Gasteiger partial charge in [-0.2, -0.15) is 0 Å². The van der Waals surface area contributed by atoms with Crippen molar-refractivity contribution in [2.45, 2.75) is 19.4 Å². The zero-order chi connectivity index (χ0) is 22.3. The molecule has 1 unspecified atom stereocenters. The summed E-state index contributed by atoms with van der Waals surface area (Å²) < 4.78 is 5.48. The van der Waals surface area contributed by atoms with Crippen molar-refractivity contribution < 1.29 is 14.3 Å². The number of aryl methyl sites for hydroxylation is 1. The molecule has 1 atom stereocenters. The van der Waals surface area contributed by atoms with Gasteiger partial charge in [-0.3, -0.25) is 9.78 Å². The van der Waals surface area contributed by atoms with Crippen LogP contribution in [0, 0.1) is 6.92 Å². The summed E-state index contributed by atoms with van der Waals surface area (Å²) in [6.45, 7) is 1.92. The summed E-state index contributed by atoms with van der Waals surface area (Å²) in [5, 5.41) is 3.83. The van der Waals surface area contributed by atoms with Crippen LogP contribution in [0.4, 0.5) is 0 Å². The van der Waals surface area contributed by atoms with Gasteiger partial charge in [-0.05, 0) is 24.5 Å². The zero-order valence-electron chi connectivity index (χ0n) is 17.4. The van der Waals surface area contributed by atoms with Crippen LogP contribution >= 0.6 is 22.7 Å². The summed E-state index contributed by atoms with van der Waals surface area (Å²) in [5.41, 5.74) is 3.93. The van der Waals surface area contributed by atoms with Gasteiger partial charge in [0.25, 0.3) is 5.91 Å². The SMILES string of the molecule is Cc1nc(C(=O)NC(COC(=O)c2cncs2)Cc2ccccc2)c(-c2ccccc2)s1. The number of benzene rings is 2. The molecule has 1 N–H and O–H groups in total. The van der Waals surface area contributed by atoms with E-state index in [2.05, 4.69) is 15.3 Å². The van der Waals surface area contributed by atoms with Gasteiger partial charge in [0.1, 0.15) is 17.2 Å². The molecule has 8 heteroatoms. The van der Waals surface area contributed by atoms with Crippen LogP contribution in [0.3, 0.4) is 0 Å². The number of aromatic nitrogens is 2. The Bertz CT molecular complexity index is 1180. The van der Waals surface area contributed by atoms with E-state index in [4.69, 9.17) is 4.74 Å². The van der Waals surface area contributed by atoms with E-state index in [-0.39, 0.29) is 12.5 Å². The van der Waals surface area contributed by atoms with Crippen LogP contribution in [0.25, 0.3) is 10.4 Å². The highest BCUT2D eigenvalue weighted by Crippen LogP contribution is 2.30. The largest absolute Gasteiger partial charge is 0.459 e. The Morgan fingerprint density at radius 3 is 2.47 bits per heavy atom. The number of carbonyl (C=O) groups excluding carboxylic acids is 2. The highest BCUT2D eigenvalue weighted by Gasteiger charge is 2.23. The van der Waals surface area contributed by atoms with Crippen LogP contribution in [0.5, 0.6) is 0 Å². The molecule has 1 amide bonds. The van der Waals surface area contributed by atoms with Crippen LogP contribution in [-0.2, 0) is 11.2 Å². The molecule has 4 aromatic rings. The third kappa shape index (κ3) is 5.46. The summed E-state index contributed by atoms with van der Waals surface area (Å²) in [6.07, 6.45) is 1.99. The average molecular weight is 464 g/mol. The Morgan fingerprint density at radius 2 is 1.78 bits per heavy atom. The molecule has 0 aliphatic carbocycles. The van der Waals surface area contributed by atoms with Crippen molar-refractivity contribution in [3.05, 3.63) is 93.5 Å². The Hall–Kier alpha value is -3.36. The highest BCUT2D eigenvalue weighted by molar-refractivity contribution is 7.15. The van der Waals surface area contributed by atoms with Crippen LogP contribution in [-0.4, -0.2) is 34.5 Å². The normalized spacial score (nSPS) is 11.7. The molecule has 0 fully saturated rings. The molecule has 2 aromatic carbocycles. The summed E-state index contributed by atoms with van der Waals surface area (Å²) in [7, 11) is 0. The number of thiazole rings is 2. The summed E-state index contributed by atoms with van der Waals surface area (Å²) in [6, 6.07) is 19.1. The second-order valence-electron chi connectivity index (χ2n) is 7.10. The van der Waals surface area contributed by atoms with Crippen LogP contribution < -0.4 is 5.32 Å². The van der Waals surface area contributed by atoms with E-state index in [1.807, 2.05) is 67.6 Å². The lowest BCUT2D eigenvalue weighted by Gasteiger charge is -2.19. The fourth-order valence-corrected chi connectivity index (χ4v) is 4.67. The average Bonchev–Trinajstić information content (AvgIpc) is 3.49. The van der Waals surface area contributed by atoms with Crippen molar-refractivity contribution in [2.75, 3.05) is 6.61 Å². The molecule has 0 bridgehead atoms. The smallest absolute Gasteiger partial charge is 0.350 e. The van der Waals surface area contributed by atoms with E-state index in [1.165, 1.54) is 28.9 Å². The minimum atomic E-state index is -0.450. The van der Waals surface area contributed by atoms with Gasteiger partial charge in [0.2, 0.25) is 0 Å². The second kappa shape index (κ2) is 10.3. The Morgan fingerprint density at radius 1 is 1.06 bits per heavy atom. The highest BCUT2D eigenvalue weighted by atomic mass is 32.1. The lowest BCUT2D eigenvalue weighted by Crippen LogP contribution is -2.40. The van der Waals surface area contributed by atoms with E-state index in [1.54, 1.807) is 5.51 Å². The van der Waals surface area contributed by atoms with Crippen molar-refractivity contribution in [2.24, 2.45) is 0 Å². The Labute approximate surface area is 193 Å². The van der Waals surface area contributed by atoms with Crippen molar-refractivity contribution in [3.63, 3.8) is 0 Å². The predicted octanol–water partition coefficient (Wildman–Crippen LogP) is 4.77. The quantitative estimate of drug-likeness (QED) is 0.381. The molecular formula is C24H21N3O3S2. The molecule has 0 aliphatic rings. The Kier molecular flexibility index (Phi) is 7.03. The first-order valence-corrected chi connectivity index (χ1v) is 11.7. The first-order chi connectivity index (χ1) is 15.6. The molecule has 162 valence electrons. The minimum Gasteiger partial charge on any atom is -0.459 e. The maximum Gasteiger partial charge on any atom is 0.350 e. The van der Waals surface area contributed by atoms with Gasteiger partial charge in [-0.1, -0.05) is 60.7 Å². The number of carbonyl (C=O) groups is 2. The fourth-order valence-electron chi connectivity index (χ4n) is 3.23. The third-order valence-corrected chi connectivity index (χ3v) is 6.47. The number of rotatable bonds is 8. The standard InChI is InChI=1S/C24H21N3O3S2/c1-16-26-21(22(32-16)18-10-6-3-7-11-18)23(28)27-19(12-17-8-4-2-5-9-17)14-30-24(29)20-13-25-15-31-20/h2-11,13,15,19H,12,14H2,1H3,(H,27,28). The lowest BCUT2D eigenvalue weighted by atomic mass is 10.1. The van der Waals surface area contributed by atoms with Gasteiger partial charge in [-0.25, -0.2) is 9.78 Å². The number of hydrogen-bond acceptors (Lipinski definition) is 7. The predicted molar refractivity (Wildman–Crippen MR) is 126 cm³/mol. The van der Waals surface area contributed by atoms with Gasteiger partial charge in [0.05, 0.1) is 27.6 Å². The summed E-state index contributed by atoms with van der Waals surface area (Å²) >= 11 is 2.70. The van der Waals surface area contributed by atoms with E-state index < -0.39 is 12.0 Å². The molecule has 6 nitrogen and oxygen atoms in total. The van der Waals surface area contributed by atoms with Crippen LogP contribution in [0.15, 0.2) is 72.4 Å². The molecule has 32 heavy (non-hydrogen) atoms. The molecule has 0 saturated heterocycles. The van der Waals surface area contributed by atoms with Gasteiger partial charge in [0.15, 0.2) is 0 Å². The van der Waals surface area contributed by atoms with Crippen molar-refractivity contribution >= 4 is 34.6 Å². The van der Waals surface area contributed by atoms with Crippen LogP contribution in [0.1, 0.15) is 30.7 Å². The number of hydrogen-bond donors (Lipinski definition) is 1. The number of ether oxygens (including phenoxy) is 1. The molecule has 0 radical (unpaired) electrons. The van der Waals surface area contributed by atoms with Gasteiger partial charge in [0, 0.05) is 0 Å². The molecule has 0 saturated carbocycles. The van der Waals surface area contributed by atoms with Gasteiger partial charge in [-0.15, -0.1) is 22.7 Å². The molecule has 4 rings (SSSR count). The monoisotopic (exact) mass is 463 g/mol. The van der Waals surface area contributed by atoms with E-state index in [0.717, 1.165) is 21.0 Å². The third-order valence-electron chi connectivity index (χ3n) is 4.69. The topological polar surface area (TPSA) is 81.2 Å². The van der Waals surface area contributed by atoms with Gasteiger partial charge < -0.3 is 10.1 Å². The molecule has 0 aliphatic heterocycles. The van der Waals surface area contributed by atoms with E-state index >= 15 is 0 Å². The molecule has 0 spiro atoms. The number of nitrogens with zero attached hydrogens (tertiary/aromatic N) is 2. The summed E-state index contributed by atoms with van der Waals surface area (Å²) in [4.78, 5) is 35.1. The van der Waals surface area contributed by atoms with Crippen molar-refractivity contribution in [3.8, 4) is 10.4 Å². The maximum absolute atomic E-state index is 13.2. The maximum atomic E-state index is 13.2. The number of nitrogens with one attached hydrogen (secondary N) is 1. The van der Waals surface area contributed by atoms with Crippen molar-refractivity contribution in [1.29, 1.82) is 0 Å². The van der Waals surface area contributed by atoms with Crippen molar-refractivity contribution in [1.82, 2.24) is 15.3 Å². The second-order valence-corrected chi connectivity index (χ2v) is 9.19. The summed E-state index contributed by atoms with van der Waals surface area (Å²) in [5.74, 6) is -0.739. The first-order valence-electron chi connectivity index (χ1n) is 10.0. The number of esters is 1. The van der Waals surface area contributed by atoms with E-state index in [9.17, 15) is 9.59 Å². The molecule has 2 heterocycles. The van der Waals surface area contributed by atoms with Gasteiger partial charge >= 0.3 is 5.97 Å². The lowest BCUT2D eigenvalue weighted by molar-refractivity contribution is 0.0461. The fraction of sp³-hybridized carbons (Fsp3) is 0.167. The van der Waals surface area contributed by atoms with E-state index in [0.29, 0.717) is 17.0 Å². The molecule has 2 aromatic heterocycles. The first kappa shape index (κ1) is 21.9.